The van der Waals surface area contributed by atoms with Gasteiger partial charge in [0.15, 0.2) is 0 Å². The molecule has 96 valence electrons. The van der Waals surface area contributed by atoms with Crippen LogP contribution in [0.1, 0.15) is 18.2 Å². The van der Waals surface area contributed by atoms with Crippen LogP contribution in [-0.2, 0) is 16.4 Å². The summed E-state index contributed by atoms with van der Waals surface area (Å²) in [4.78, 5) is 1.02. The SMILES string of the molecule is CC1CC1CNS(=O)(=O)c1ccc(CCN)s1. The van der Waals surface area contributed by atoms with E-state index in [2.05, 4.69) is 11.6 Å². The second kappa shape index (κ2) is 5.06. The monoisotopic (exact) mass is 274 g/mol. The Kier molecular flexibility index (Phi) is 3.87. The van der Waals surface area contributed by atoms with Crippen LogP contribution in [0.15, 0.2) is 16.3 Å². The Morgan fingerprint density at radius 1 is 1.53 bits per heavy atom. The van der Waals surface area contributed by atoms with E-state index in [1.807, 2.05) is 6.07 Å². The zero-order chi connectivity index (χ0) is 12.5. The highest BCUT2D eigenvalue weighted by atomic mass is 32.2. The molecule has 2 unspecified atom stereocenters. The number of hydrogen-bond donors (Lipinski definition) is 2. The van der Waals surface area contributed by atoms with E-state index in [0.717, 1.165) is 17.7 Å². The lowest BCUT2D eigenvalue weighted by Gasteiger charge is -2.03. The molecule has 1 saturated carbocycles. The first-order valence-electron chi connectivity index (χ1n) is 5.81. The zero-order valence-electron chi connectivity index (χ0n) is 9.85. The van der Waals surface area contributed by atoms with E-state index in [4.69, 9.17) is 5.73 Å². The summed E-state index contributed by atoms with van der Waals surface area (Å²) in [6.45, 7) is 3.25. The van der Waals surface area contributed by atoms with E-state index in [9.17, 15) is 8.42 Å². The third-order valence-corrected chi connectivity index (χ3v) is 6.16. The van der Waals surface area contributed by atoms with Crippen molar-refractivity contribution in [2.24, 2.45) is 17.6 Å². The average molecular weight is 274 g/mol. The van der Waals surface area contributed by atoms with E-state index in [-0.39, 0.29) is 0 Å². The highest BCUT2D eigenvalue weighted by molar-refractivity contribution is 7.91. The highest BCUT2D eigenvalue weighted by Gasteiger charge is 2.33. The number of thiophene rings is 1. The molecule has 1 fully saturated rings. The summed E-state index contributed by atoms with van der Waals surface area (Å²) in [7, 11) is -3.31. The molecule has 6 heteroatoms. The van der Waals surface area contributed by atoms with Crippen molar-refractivity contribution in [1.29, 1.82) is 0 Å². The predicted molar refractivity (Wildman–Crippen MR) is 69.5 cm³/mol. The maximum Gasteiger partial charge on any atom is 0.250 e. The standard InChI is InChI=1S/C11H18N2O2S2/c1-8-6-9(8)7-13-17(14,15)11-3-2-10(16-11)4-5-12/h2-3,8-9,13H,4-7,12H2,1H3. The van der Waals surface area contributed by atoms with E-state index in [0.29, 0.717) is 29.1 Å². The molecule has 0 radical (unpaired) electrons. The van der Waals surface area contributed by atoms with Gasteiger partial charge in [-0.1, -0.05) is 6.92 Å². The van der Waals surface area contributed by atoms with Crippen LogP contribution < -0.4 is 10.5 Å². The van der Waals surface area contributed by atoms with Crippen LogP contribution in [0.4, 0.5) is 0 Å². The van der Waals surface area contributed by atoms with Gasteiger partial charge in [-0.05, 0) is 43.4 Å². The van der Waals surface area contributed by atoms with Crippen LogP contribution in [0.5, 0.6) is 0 Å². The Hall–Kier alpha value is -0.430. The Morgan fingerprint density at radius 2 is 2.24 bits per heavy atom. The highest BCUT2D eigenvalue weighted by Crippen LogP contribution is 2.37. The molecule has 0 amide bonds. The van der Waals surface area contributed by atoms with E-state index >= 15 is 0 Å². The smallest absolute Gasteiger partial charge is 0.250 e. The van der Waals surface area contributed by atoms with Crippen LogP contribution in [0, 0.1) is 11.8 Å². The summed E-state index contributed by atoms with van der Waals surface area (Å²) in [5.41, 5.74) is 5.44. The Balaban J connectivity index is 1.98. The second-order valence-electron chi connectivity index (χ2n) is 4.58. The van der Waals surface area contributed by atoms with Crippen molar-refractivity contribution < 1.29 is 8.42 Å². The molecule has 2 atom stereocenters. The first-order valence-corrected chi connectivity index (χ1v) is 8.11. The molecule has 1 aromatic rings. The van der Waals surface area contributed by atoms with E-state index in [1.165, 1.54) is 11.3 Å². The van der Waals surface area contributed by atoms with Gasteiger partial charge in [0.25, 0.3) is 0 Å². The Bertz CT molecular complexity index is 481. The summed E-state index contributed by atoms with van der Waals surface area (Å²) >= 11 is 1.31. The third kappa shape index (κ3) is 3.28. The van der Waals surface area contributed by atoms with Gasteiger partial charge in [-0.3, -0.25) is 0 Å². The molecule has 0 aromatic carbocycles. The first-order chi connectivity index (χ1) is 8.03. The van der Waals surface area contributed by atoms with Crippen LogP contribution in [0.2, 0.25) is 0 Å². The predicted octanol–water partition coefficient (Wildman–Crippen LogP) is 1.18. The maximum atomic E-state index is 12.0. The lowest BCUT2D eigenvalue weighted by Crippen LogP contribution is -2.25. The lowest BCUT2D eigenvalue weighted by atomic mass is 10.3. The third-order valence-electron chi connectivity index (χ3n) is 3.10. The van der Waals surface area contributed by atoms with Crippen molar-refractivity contribution in [2.75, 3.05) is 13.1 Å². The van der Waals surface area contributed by atoms with Crippen molar-refractivity contribution in [3.8, 4) is 0 Å². The number of sulfonamides is 1. The molecule has 0 spiro atoms. The molecular weight excluding hydrogens is 256 g/mol. The molecule has 1 aliphatic rings. The zero-order valence-corrected chi connectivity index (χ0v) is 11.5. The summed E-state index contributed by atoms with van der Waals surface area (Å²) in [5, 5.41) is 0. The largest absolute Gasteiger partial charge is 0.330 e. The van der Waals surface area contributed by atoms with Crippen LogP contribution >= 0.6 is 11.3 Å². The van der Waals surface area contributed by atoms with Gasteiger partial charge in [-0.15, -0.1) is 11.3 Å². The van der Waals surface area contributed by atoms with E-state index in [1.54, 1.807) is 6.07 Å². The molecular formula is C11H18N2O2S2. The van der Waals surface area contributed by atoms with Crippen molar-refractivity contribution in [1.82, 2.24) is 4.72 Å². The molecule has 1 heterocycles. The summed E-state index contributed by atoms with van der Waals surface area (Å²) < 4.78 is 27.0. The molecule has 2 rings (SSSR count). The molecule has 0 aliphatic heterocycles. The summed E-state index contributed by atoms with van der Waals surface area (Å²) in [6.07, 6.45) is 1.87. The van der Waals surface area contributed by atoms with Crippen molar-refractivity contribution >= 4 is 21.4 Å². The topological polar surface area (TPSA) is 72.2 Å². The van der Waals surface area contributed by atoms with Gasteiger partial charge >= 0.3 is 0 Å². The van der Waals surface area contributed by atoms with Gasteiger partial charge in [-0.25, -0.2) is 13.1 Å². The molecule has 4 nitrogen and oxygen atoms in total. The quantitative estimate of drug-likeness (QED) is 0.818. The molecule has 1 aromatic heterocycles. The lowest BCUT2D eigenvalue weighted by molar-refractivity contribution is 0.576. The Labute approximate surface area is 106 Å². The fourth-order valence-corrected chi connectivity index (χ4v) is 4.26. The van der Waals surface area contributed by atoms with Crippen LogP contribution in [0.3, 0.4) is 0 Å². The van der Waals surface area contributed by atoms with E-state index < -0.39 is 10.0 Å². The molecule has 1 aliphatic carbocycles. The van der Waals surface area contributed by atoms with Crippen molar-refractivity contribution in [3.63, 3.8) is 0 Å². The minimum Gasteiger partial charge on any atom is -0.330 e. The van der Waals surface area contributed by atoms with Gasteiger partial charge in [0, 0.05) is 11.4 Å². The first kappa shape index (κ1) is 13.0. The van der Waals surface area contributed by atoms with Crippen LogP contribution in [0.25, 0.3) is 0 Å². The van der Waals surface area contributed by atoms with Gasteiger partial charge in [0.05, 0.1) is 0 Å². The molecule has 0 saturated heterocycles. The molecule has 17 heavy (non-hydrogen) atoms. The van der Waals surface area contributed by atoms with Crippen molar-refractivity contribution in [3.05, 3.63) is 17.0 Å². The van der Waals surface area contributed by atoms with Crippen LogP contribution in [-0.4, -0.2) is 21.5 Å². The van der Waals surface area contributed by atoms with Crippen molar-refractivity contribution in [2.45, 2.75) is 24.0 Å². The number of rotatable bonds is 6. The molecule has 0 bridgehead atoms. The van der Waals surface area contributed by atoms with Gasteiger partial charge in [0.2, 0.25) is 10.0 Å². The number of nitrogens with one attached hydrogen (secondary N) is 1. The Morgan fingerprint density at radius 3 is 2.82 bits per heavy atom. The summed E-state index contributed by atoms with van der Waals surface area (Å²) in [6, 6.07) is 3.50. The normalized spacial score (nSPS) is 23.9. The fourth-order valence-electron chi connectivity index (χ4n) is 1.75. The second-order valence-corrected chi connectivity index (χ2v) is 7.75. The summed E-state index contributed by atoms with van der Waals surface area (Å²) in [5.74, 6) is 1.18. The maximum absolute atomic E-state index is 12.0. The average Bonchev–Trinajstić information content (AvgIpc) is 2.77. The number of nitrogens with two attached hydrogens (primary N) is 1. The van der Waals surface area contributed by atoms with Gasteiger partial charge < -0.3 is 5.73 Å². The minimum absolute atomic E-state index is 0.397. The number of hydrogen-bond acceptors (Lipinski definition) is 4. The minimum atomic E-state index is -3.31. The molecule has 3 N–H and O–H groups in total. The van der Waals surface area contributed by atoms with Gasteiger partial charge in [-0.2, -0.15) is 0 Å². The van der Waals surface area contributed by atoms with Gasteiger partial charge in [0.1, 0.15) is 4.21 Å². The fraction of sp³-hybridized carbons (Fsp3) is 0.636.